The minimum absolute atomic E-state index is 0.0631. The van der Waals surface area contributed by atoms with Crippen LogP contribution in [0, 0.1) is 5.82 Å². The molecule has 3 heterocycles. The van der Waals surface area contributed by atoms with E-state index in [1.54, 1.807) is 26.8 Å². The minimum atomic E-state index is -0.650. The van der Waals surface area contributed by atoms with E-state index in [0.717, 1.165) is 4.70 Å². The summed E-state index contributed by atoms with van der Waals surface area (Å²) in [4.78, 5) is 37.9. The molecule has 0 saturated carbocycles. The Balaban J connectivity index is 1.74. The highest BCUT2D eigenvalue weighted by Gasteiger charge is 2.21. The van der Waals surface area contributed by atoms with Gasteiger partial charge in [0.15, 0.2) is 5.52 Å². The van der Waals surface area contributed by atoms with E-state index >= 15 is 0 Å². The van der Waals surface area contributed by atoms with Gasteiger partial charge in [-0.05, 0) is 32.9 Å². The molecule has 0 radical (unpaired) electrons. The van der Waals surface area contributed by atoms with Crippen molar-refractivity contribution >= 4 is 38.6 Å². The third-order valence-electron chi connectivity index (χ3n) is 4.06. The van der Waals surface area contributed by atoms with Gasteiger partial charge in [-0.1, -0.05) is 0 Å². The molecule has 1 aromatic carbocycles. The molecule has 8 nitrogen and oxygen atoms in total. The third kappa shape index (κ3) is 4.18. The quantitative estimate of drug-likeness (QED) is 0.462. The largest absolute Gasteiger partial charge is 0.460 e. The van der Waals surface area contributed by atoms with Crippen molar-refractivity contribution in [1.29, 1.82) is 0 Å². The van der Waals surface area contributed by atoms with E-state index in [1.807, 2.05) is 0 Å². The highest BCUT2D eigenvalue weighted by Crippen LogP contribution is 2.23. The van der Waals surface area contributed by atoms with E-state index in [-0.39, 0.29) is 29.8 Å². The number of fused-ring (bicyclic) bond motifs is 2. The van der Waals surface area contributed by atoms with Crippen molar-refractivity contribution in [3.63, 3.8) is 0 Å². The predicted octanol–water partition coefficient (Wildman–Crippen LogP) is 2.87. The van der Waals surface area contributed by atoms with Crippen molar-refractivity contribution in [2.45, 2.75) is 39.3 Å². The first-order valence-corrected chi connectivity index (χ1v) is 9.99. The summed E-state index contributed by atoms with van der Waals surface area (Å²) in [6.45, 7) is 5.38. The molecule has 0 aliphatic heterocycles. The molecular formula is C20H18FN5O3S. The number of carbonyl (C=O) groups excluding carboxylic acids is 1. The van der Waals surface area contributed by atoms with Crippen LogP contribution in [0.3, 0.4) is 0 Å². The van der Waals surface area contributed by atoms with Crippen LogP contribution in [0.15, 0.2) is 35.4 Å². The Morgan fingerprint density at radius 2 is 1.93 bits per heavy atom. The Hall–Kier alpha value is -3.27. The molecule has 0 unspecified atom stereocenters. The van der Waals surface area contributed by atoms with Crippen LogP contribution < -0.4 is 5.56 Å². The number of carbonyl (C=O) groups is 1. The Kier molecular flexibility index (Phi) is 5.02. The summed E-state index contributed by atoms with van der Waals surface area (Å²) in [6, 6.07) is 4.34. The smallest absolute Gasteiger partial charge is 0.312 e. The van der Waals surface area contributed by atoms with Crippen LogP contribution in [-0.2, 0) is 22.5 Å². The number of nitrogens with zero attached hydrogens (tertiary/aromatic N) is 5. The van der Waals surface area contributed by atoms with Crippen LogP contribution in [0.4, 0.5) is 4.39 Å². The zero-order chi connectivity index (χ0) is 21.5. The molecule has 0 aliphatic rings. The Labute approximate surface area is 174 Å². The van der Waals surface area contributed by atoms with E-state index in [4.69, 9.17) is 4.74 Å². The van der Waals surface area contributed by atoms with E-state index in [0.29, 0.717) is 16.2 Å². The molecule has 3 aromatic heterocycles. The lowest BCUT2D eigenvalue weighted by Gasteiger charge is -2.19. The van der Waals surface area contributed by atoms with Gasteiger partial charge >= 0.3 is 5.97 Å². The number of hydrogen-bond donors (Lipinski definition) is 0. The number of ether oxygens (including phenoxy) is 1. The standard InChI is InChI=1S/C20H18FN5O3S/c1-20(2,3)29-16(27)9-13-17-18(23-7-6-22-17)19(28)26(25-13)10-15-24-12-8-11(21)4-5-14(12)30-15/h4-8H,9-10H2,1-3H3. The Morgan fingerprint density at radius 3 is 2.67 bits per heavy atom. The van der Waals surface area contributed by atoms with Crippen molar-refractivity contribution in [2.24, 2.45) is 0 Å². The number of halogens is 1. The maximum absolute atomic E-state index is 13.4. The van der Waals surface area contributed by atoms with E-state index < -0.39 is 17.1 Å². The van der Waals surface area contributed by atoms with Crippen molar-refractivity contribution in [2.75, 3.05) is 0 Å². The average molecular weight is 427 g/mol. The van der Waals surface area contributed by atoms with Crippen LogP contribution in [0.25, 0.3) is 21.3 Å². The van der Waals surface area contributed by atoms with Gasteiger partial charge in [0, 0.05) is 18.5 Å². The average Bonchev–Trinajstić information content (AvgIpc) is 3.05. The highest BCUT2D eigenvalue weighted by atomic mass is 32.1. The summed E-state index contributed by atoms with van der Waals surface area (Å²) in [5.41, 5.74) is 0.0749. The lowest BCUT2D eigenvalue weighted by molar-refractivity contribution is -0.153. The van der Waals surface area contributed by atoms with Gasteiger partial charge in [-0.3, -0.25) is 14.6 Å². The molecule has 154 valence electrons. The molecule has 0 saturated heterocycles. The molecule has 0 bridgehead atoms. The van der Waals surface area contributed by atoms with E-state index in [2.05, 4.69) is 20.1 Å². The van der Waals surface area contributed by atoms with Crippen LogP contribution in [0.2, 0.25) is 0 Å². The SMILES string of the molecule is CC(C)(C)OC(=O)Cc1nn(Cc2nc3cc(F)ccc3s2)c(=O)c2nccnc12. The van der Waals surface area contributed by atoms with Crippen LogP contribution >= 0.6 is 11.3 Å². The summed E-state index contributed by atoms with van der Waals surface area (Å²) in [5, 5.41) is 4.93. The van der Waals surface area contributed by atoms with Gasteiger partial charge in [-0.2, -0.15) is 5.10 Å². The summed E-state index contributed by atoms with van der Waals surface area (Å²) in [5.74, 6) is -0.863. The number of aromatic nitrogens is 5. The number of rotatable bonds is 4. The molecular weight excluding hydrogens is 409 g/mol. The maximum atomic E-state index is 13.4. The first-order chi connectivity index (χ1) is 14.2. The fraction of sp³-hybridized carbons (Fsp3) is 0.300. The van der Waals surface area contributed by atoms with Crippen molar-refractivity contribution in [1.82, 2.24) is 24.7 Å². The summed E-state index contributed by atoms with van der Waals surface area (Å²) in [7, 11) is 0. The molecule has 0 amide bonds. The molecule has 30 heavy (non-hydrogen) atoms. The lowest BCUT2D eigenvalue weighted by Crippen LogP contribution is -2.29. The molecule has 0 aliphatic carbocycles. The molecule has 4 rings (SSSR count). The first kappa shape index (κ1) is 20.0. The number of benzene rings is 1. The van der Waals surface area contributed by atoms with Crippen molar-refractivity contribution < 1.29 is 13.9 Å². The van der Waals surface area contributed by atoms with Gasteiger partial charge in [-0.15, -0.1) is 11.3 Å². The lowest BCUT2D eigenvalue weighted by atomic mass is 10.2. The highest BCUT2D eigenvalue weighted by molar-refractivity contribution is 7.18. The number of thiazole rings is 1. The second-order valence-corrected chi connectivity index (χ2v) is 8.76. The molecule has 4 aromatic rings. The Bertz CT molecular complexity index is 1330. The van der Waals surface area contributed by atoms with Crippen LogP contribution in [0.1, 0.15) is 31.5 Å². The fourth-order valence-electron chi connectivity index (χ4n) is 2.95. The summed E-state index contributed by atoms with van der Waals surface area (Å²) < 4.78 is 20.8. The van der Waals surface area contributed by atoms with Crippen LogP contribution in [0.5, 0.6) is 0 Å². The zero-order valence-electron chi connectivity index (χ0n) is 16.5. The van der Waals surface area contributed by atoms with Gasteiger partial charge in [0.2, 0.25) is 0 Å². The second kappa shape index (κ2) is 7.52. The van der Waals surface area contributed by atoms with Gasteiger partial charge in [-0.25, -0.2) is 19.0 Å². The minimum Gasteiger partial charge on any atom is -0.460 e. The summed E-state index contributed by atoms with van der Waals surface area (Å²) >= 11 is 1.34. The van der Waals surface area contributed by atoms with Gasteiger partial charge in [0.1, 0.15) is 27.6 Å². The normalized spacial score (nSPS) is 11.9. The van der Waals surface area contributed by atoms with Crippen LogP contribution in [-0.4, -0.2) is 36.3 Å². The second-order valence-electron chi connectivity index (χ2n) is 7.65. The predicted molar refractivity (Wildman–Crippen MR) is 110 cm³/mol. The van der Waals surface area contributed by atoms with E-state index in [9.17, 15) is 14.0 Å². The van der Waals surface area contributed by atoms with Gasteiger partial charge in [0.05, 0.1) is 23.2 Å². The zero-order valence-corrected chi connectivity index (χ0v) is 17.4. The molecule has 0 N–H and O–H groups in total. The molecule has 0 atom stereocenters. The fourth-order valence-corrected chi connectivity index (χ4v) is 3.88. The number of hydrogen-bond acceptors (Lipinski definition) is 8. The van der Waals surface area contributed by atoms with Gasteiger partial charge < -0.3 is 4.74 Å². The number of esters is 1. The topological polar surface area (TPSA) is 99.9 Å². The monoisotopic (exact) mass is 427 g/mol. The maximum Gasteiger partial charge on any atom is 0.312 e. The van der Waals surface area contributed by atoms with Crippen molar-refractivity contribution in [3.8, 4) is 0 Å². The molecule has 0 spiro atoms. The molecule has 10 heteroatoms. The van der Waals surface area contributed by atoms with Gasteiger partial charge in [0.25, 0.3) is 5.56 Å². The van der Waals surface area contributed by atoms with Crippen molar-refractivity contribution in [3.05, 3.63) is 57.5 Å². The Morgan fingerprint density at radius 1 is 1.20 bits per heavy atom. The third-order valence-corrected chi connectivity index (χ3v) is 5.08. The first-order valence-electron chi connectivity index (χ1n) is 9.17. The molecule has 0 fully saturated rings. The van der Waals surface area contributed by atoms with E-state index in [1.165, 1.54) is 40.5 Å². The summed E-state index contributed by atoms with van der Waals surface area (Å²) in [6.07, 6.45) is 2.69.